The Bertz CT molecular complexity index is 572. The van der Waals surface area contributed by atoms with Crippen LogP contribution in [0.1, 0.15) is 28.4 Å². The highest BCUT2D eigenvalue weighted by Crippen LogP contribution is 2.13. The van der Waals surface area contributed by atoms with Crippen LogP contribution in [0.25, 0.3) is 0 Å². The first-order valence-corrected chi connectivity index (χ1v) is 7.30. The maximum Gasteiger partial charge on any atom is 0.251 e. The molecule has 0 spiro atoms. The molecule has 0 fully saturated rings. The Morgan fingerprint density at radius 2 is 1.90 bits per heavy atom. The van der Waals surface area contributed by atoms with Crippen molar-refractivity contribution in [2.45, 2.75) is 12.5 Å². The van der Waals surface area contributed by atoms with Crippen molar-refractivity contribution >= 4 is 21.8 Å². The predicted octanol–water partition coefficient (Wildman–Crippen LogP) is 3.27. The highest BCUT2D eigenvalue weighted by atomic mass is 79.9. The van der Waals surface area contributed by atoms with E-state index in [1.807, 2.05) is 42.5 Å². The topological polar surface area (TPSA) is 55.1 Å². The zero-order valence-corrected chi connectivity index (χ0v) is 12.6. The summed E-state index contributed by atoms with van der Waals surface area (Å²) in [6, 6.07) is 17.2. The van der Waals surface area contributed by atoms with E-state index in [1.54, 1.807) is 12.1 Å². The maximum absolute atomic E-state index is 11.9. The Morgan fingerprint density at radius 1 is 1.15 bits per heavy atom. The summed E-state index contributed by atoms with van der Waals surface area (Å²) in [6.45, 7) is 0.557. The van der Waals surface area contributed by atoms with E-state index in [-0.39, 0.29) is 11.9 Å². The summed E-state index contributed by atoms with van der Waals surface area (Å²) in [5.41, 5.74) is 7.82. The van der Waals surface area contributed by atoms with Crippen molar-refractivity contribution in [3.63, 3.8) is 0 Å². The normalized spacial score (nSPS) is 11.9. The van der Waals surface area contributed by atoms with E-state index in [4.69, 9.17) is 5.73 Å². The molecule has 2 aromatic rings. The molecule has 2 rings (SSSR count). The Balaban J connectivity index is 1.83. The average Bonchev–Trinajstić information content (AvgIpc) is 2.48. The fraction of sp³-hybridized carbons (Fsp3) is 0.188. The lowest BCUT2D eigenvalue weighted by atomic mass is 10.1. The largest absolute Gasteiger partial charge is 0.352 e. The van der Waals surface area contributed by atoms with E-state index >= 15 is 0 Å². The second-order valence-corrected chi connectivity index (χ2v) is 5.49. The molecule has 0 saturated heterocycles. The van der Waals surface area contributed by atoms with Crippen LogP contribution in [0.2, 0.25) is 0 Å². The number of carbonyl (C=O) groups excluding carboxylic acids is 1. The van der Waals surface area contributed by atoms with Crippen LogP contribution in [-0.4, -0.2) is 12.5 Å². The van der Waals surface area contributed by atoms with Crippen molar-refractivity contribution in [2.24, 2.45) is 5.73 Å². The minimum absolute atomic E-state index is 0.0565. The lowest BCUT2D eigenvalue weighted by molar-refractivity contribution is 0.0952. The average molecular weight is 333 g/mol. The number of carbonyl (C=O) groups is 1. The zero-order valence-electron chi connectivity index (χ0n) is 11.1. The number of halogens is 1. The first-order valence-electron chi connectivity index (χ1n) is 6.51. The van der Waals surface area contributed by atoms with Crippen molar-refractivity contribution in [1.29, 1.82) is 0 Å². The van der Waals surface area contributed by atoms with Gasteiger partial charge < -0.3 is 11.1 Å². The van der Waals surface area contributed by atoms with Gasteiger partial charge in [-0.25, -0.2) is 0 Å². The summed E-state index contributed by atoms with van der Waals surface area (Å²) in [5.74, 6) is -0.0773. The summed E-state index contributed by atoms with van der Waals surface area (Å²) in [6.07, 6.45) is 0.712. The van der Waals surface area contributed by atoms with Gasteiger partial charge in [0.05, 0.1) is 0 Å². The first-order chi connectivity index (χ1) is 9.66. The molecule has 1 amide bonds. The van der Waals surface area contributed by atoms with Gasteiger partial charge in [0.2, 0.25) is 0 Å². The van der Waals surface area contributed by atoms with Gasteiger partial charge in [0, 0.05) is 22.6 Å². The van der Waals surface area contributed by atoms with Crippen LogP contribution in [0, 0.1) is 0 Å². The van der Waals surface area contributed by atoms with Crippen molar-refractivity contribution in [3.05, 3.63) is 70.2 Å². The molecular weight excluding hydrogens is 316 g/mol. The number of hydrogen-bond acceptors (Lipinski definition) is 2. The number of benzene rings is 2. The van der Waals surface area contributed by atoms with Crippen LogP contribution in [0.15, 0.2) is 59.1 Å². The van der Waals surface area contributed by atoms with Crippen LogP contribution in [0.4, 0.5) is 0 Å². The third kappa shape index (κ3) is 4.18. The van der Waals surface area contributed by atoms with Gasteiger partial charge in [-0.3, -0.25) is 4.79 Å². The van der Waals surface area contributed by atoms with Gasteiger partial charge in [-0.1, -0.05) is 52.3 Å². The molecule has 0 aliphatic rings. The monoisotopic (exact) mass is 332 g/mol. The van der Waals surface area contributed by atoms with E-state index in [9.17, 15) is 4.79 Å². The van der Waals surface area contributed by atoms with E-state index in [0.29, 0.717) is 18.5 Å². The highest BCUT2D eigenvalue weighted by molar-refractivity contribution is 9.10. The number of nitrogens with two attached hydrogens (primary N) is 1. The second-order valence-electron chi connectivity index (χ2n) is 4.57. The lowest BCUT2D eigenvalue weighted by Crippen LogP contribution is -2.27. The van der Waals surface area contributed by atoms with Gasteiger partial charge in [0.25, 0.3) is 5.91 Å². The van der Waals surface area contributed by atoms with Gasteiger partial charge >= 0.3 is 0 Å². The Labute approximate surface area is 127 Å². The molecule has 104 valence electrons. The summed E-state index contributed by atoms with van der Waals surface area (Å²) in [5, 5.41) is 2.89. The van der Waals surface area contributed by atoms with Crippen LogP contribution >= 0.6 is 15.9 Å². The molecule has 1 unspecified atom stereocenters. The minimum atomic E-state index is -0.0773. The van der Waals surface area contributed by atoms with Gasteiger partial charge in [-0.05, 0) is 30.2 Å². The van der Waals surface area contributed by atoms with Crippen LogP contribution in [-0.2, 0) is 0 Å². The molecular formula is C16H17BrN2O. The standard InChI is InChI=1S/C16H17BrN2O/c17-14-8-4-7-13(11-14)16(20)19-10-9-15(18)12-5-2-1-3-6-12/h1-8,11,15H,9-10,18H2,(H,19,20). The molecule has 0 aromatic heterocycles. The number of rotatable bonds is 5. The number of nitrogens with one attached hydrogen (secondary N) is 1. The molecule has 0 aliphatic heterocycles. The number of amides is 1. The Kier molecular flexibility index (Phi) is 5.32. The van der Waals surface area contributed by atoms with Crippen molar-refractivity contribution < 1.29 is 4.79 Å². The van der Waals surface area contributed by atoms with Crippen LogP contribution < -0.4 is 11.1 Å². The highest BCUT2D eigenvalue weighted by Gasteiger charge is 2.08. The summed E-state index contributed by atoms with van der Waals surface area (Å²) in [4.78, 5) is 11.9. The molecule has 1 atom stereocenters. The molecule has 20 heavy (non-hydrogen) atoms. The Morgan fingerprint density at radius 3 is 2.60 bits per heavy atom. The molecule has 0 aliphatic carbocycles. The van der Waals surface area contributed by atoms with Crippen molar-refractivity contribution in [3.8, 4) is 0 Å². The van der Waals surface area contributed by atoms with Crippen LogP contribution in [0.5, 0.6) is 0 Å². The lowest BCUT2D eigenvalue weighted by Gasteiger charge is -2.12. The first kappa shape index (κ1) is 14.8. The summed E-state index contributed by atoms with van der Waals surface area (Å²) in [7, 11) is 0. The van der Waals surface area contributed by atoms with Gasteiger partial charge in [0.1, 0.15) is 0 Å². The van der Waals surface area contributed by atoms with Crippen molar-refractivity contribution in [1.82, 2.24) is 5.32 Å². The van der Waals surface area contributed by atoms with Crippen molar-refractivity contribution in [2.75, 3.05) is 6.54 Å². The molecule has 0 bridgehead atoms. The van der Waals surface area contributed by atoms with Crippen LogP contribution in [0.3, 0.4) is 0 Å². The minimum Gasteiger partial charge on any atom is -0.352 e. The SMILES string of the molecule is NC(CCNC(=O)c1cccc(Br)c1)c1ccccc1. The number of hydrogen-bond donors (Lipinski definition) is 2. The Hall–Kier alpha value is -1.65. The third-order valence-electron chi connectivity index (χ3n) is 3.06. The molecule has 4 heteroatoms. The summed E-state index contributed by atoms with van der Waals surface area (Å²) < 4.78 is 0.895. The van der Waals surface area contributed by atoms with E-state index in [0.717, 1.165) is 10.0 Å². The summed E-state index contributed by atoms with van der Waals surface area (Å²) >= 11 is 3.35. The molecule has 2 aromatic carbocycles. The third-order valence-corrected chi connectivity index (χ3v) is 3.55. The molecule has 0 heterocycles. The van der Waals surface area contributed by atoms with E-state index in [1.165, 1.54) is 0 Å². The second kappa shape index (κ2) is 7.22. The molecule has 0 radical (unpaired) electrons. The smallest absolute Gasteiger partial charge is 0.251 e. The molecule has 3 N–H and O–H groups in total. The fourth-order valence-electron chi connectivity index (χ4n) is 1.94. The molecule has 0 saturated carbocycles. The van der Waals surface area contributed by atoms with Gasteiger partial charge in [-0.2, -0.15) is 0 Å². The maximum atomic E-state index is 11.9. The van der Waals surface area contributed by atoms with E-state index < -0.39 is 0 Å². The van der Waals surface area contributed by atoms with E-state index in [2.05, 4.69) is 21.2 Å². The zero-order chi connectivity index (χ0) is 14.4. The predicted molar refractivity (Wildman–Crippen MR) is 84.5 cm³/mol. The quantitative estimate of drug-likeness (QED) is 0.882. The fourth-order valence-corrected chi connectivity index (χ4v) is 2.34. The van der Waals surface area contributed by atoms with Gasteiger partial charge in [-0.15, -0.1) is 0 Å². The van der Waals surface area contributed by atoms with Gasteiger partial charge in [0.15, 0.2) is 0 Å². The molecule has 3 nitrogen and oxygen atoms in total.